The Morgan fingerprint density at radius 3 is 2.76 bits per heavy atom. The van der Waals surface area contributed by atoms with Crippen molar-refractivity contribution in [2.24, 2.45) is 0 Å². The van der Waals surface area contributed by atoms with E-state index in [0.29, 0.717) is 23.7 Å². The fourth-order valence-electron chi connectivity index (χ4n) is 1.30. The molecule has 0 saturated heterocycles. The molecule has 0 unspecified atom stereocenters. The highest BCUT2D eigenvalue weighted by Gasteiger charge is 2.07. The summed E-state index contributed by atoms with van der Waals surface area (Å²) in [6.07, 6.45) is 0. The van der Waals surface area contributed by atoms with Gasteiger partial charge in [-0.25, -0.2) is 4.98 Å². The smallest absolute Gasteiger partial charge is 0.224 e. The minimum atomic E-state index is 0.184. The quantitative estimate of drug-likeness (QED) is 0.850. The Hall–Kier alpha value is -1.04. The molecule has 17 heavy (non-hydrogen) atoms. The molecule has 2 heterocycles. The third-order valence-electron chi connectivity index (χ3n) is 2.17. The average molecular weight is 289 g/mol. The number of nitrogen functional groups attached to an aromatic ring is 1. The molecule has 0 aliphatic carbocycles. The number of anilines is 2. The predicted molar refractivity (Wildman–Crippen MR) is 72.8 cm³/mol. The summed E-state index contributed by atoms with van der Waals surface area (Å²) in [7, 11) is 0. The Bertz CT molecular complexity index is 541. The normalized spacial score (nSPS) is 10.5. The third-order valence-corrected chi connectivity index (χ3v) is 3.57. The van der Waals surface area contributed by atoms with E-state index in [-0.39, 0.29) is 5.28 Å². The molecule has 0 fully saturated rings. The predicted octanol–water partition coefficient (Wildman–Crippen LogP) is 3.35. The van der Waals surface area contributed by atoms with Gasteiger partial charge in [-0.3, -0.25) is 0 Å². The number of thiophene rings is 1. The fourth-order valence-corrected chi connectivity index (χ4v) is 2.54. The van der Waals surface area contributed by atoms with Crippen LogP contribution in [0.3, 0.4) is 0 Å². The molecule has 2 aromatic rings. The maximum Gasteiger partial charge on any atom is 0.224 e. The molecule has 0 aromatic carbocycles. The monoisotopic (exact) mass is 288 g/mol. The maximum absolute atomic E-state index is 5.85. The first-order valence-electron chi connectivity index (χ1n) is 4.84. The number of aromatic nitrogens is 2. The minimum absolute atomic E-state index is 0.184. The highest BCUT2D eigenvalue weighted by Crippen LogP contribution is 2.24. The lowest BCUT2D eigenvalue weighted by Crippen LogP contribution is -2.06. The van der Waals surface area contributed by atoms with Crippen LogP contribution in [-0.2, 0) is 6.54 Å². The molecule has 0 amide bonds. The van der Waals surface area contributed by atoms with Gasteiger partial charge in [0.15, 0.2) is 5.82 Å². The van der Waals surface area contributed by atoms with Crippen molar-refractivity contribution in [2.75, 3.05) is 11.1 Å². The number of halogens is 2. The van der Waals surface area contributed by atoms with Gasteiger partial charge in [-0.15, -0.1) is 11.3 Å². The molecule has 7 heteroatoms. The third kappa shape index (κ3) is 3.00. The van der Waals surface area contributed by atoms with Gasteiger partial charge in [-0.05, 0) is 30.7 Å². The van der Waals surface area contributed by atoms with Crippen molar-refractivity contribution in [1.29, 1.82) is 0 Å². The van der Waals surface area contributed by atoms with Gasteiger partial charge in [0.05, 0.1) is 22.3 Å². The molecule has 0 spiro atoms. The van der Waals surface area contributed by atoms with Gasteiger partial charge in [-0.2, -0.15) is 4.98 Å². The van der Waals surface area contributed by atoms with Crippen LogP contribution in [0.25, 0.3) is 0 Å². The second kappa shape index (κ2) is 5.08. The zero-order chi connectivity index (χ0) is 12.4. The topological polar surface area (TPSA) is 63.8 Å². The van der Waals surface area contributed by atoms with Crippen LogP contribution in [0.1, 0.15) is 10.6 Å². The van der Waals surface area contributed by atoms with E-state index >= 15 is 0 Å². The number of rotatable bonds is 3. The van der Waals surface area contributed by atoms with Crippen LogP contribution in [0, 0.1) is 6.92 Å². The highest BCUT2D eigenvalue weighted by atomic mass is 35.5. The van der Waals surface area contributed by atoms with Crippen molar-refractivity contribution in [3.05, 3.63) is 32.3 Å². The molecular formula is C10H10Cl2N4S. The van der Waals surface area contributed by atoms with Gasteiger partial charge in [0.1, 0.15) is 0 Å². The lowest BCUT2D eigenvalue weighted by Gasteiger charge is -2.09. The first-order valence-corrected chi connectivity index (χ1v) is 6.41. The van der Waals surface area contributed by atoms with E-state index in [1.807, 2.05) is 12.1 Å². The van der Waals surface area contributed by atoms with Gasteiger partial charge < -0.3 is 11.1 Å². The summed E-state index contributed by atoms with van der Waals surface area (Å²) in [5.74, 6) is 0.548. The van der Waals surface area contributed by atoms with E-state index in [4.69, 9.17) is 28.9 Å². The van der Waals surface area contributed by atoms with Crippen molar-refractivity contribution in [3.63, 3.8) is 0 Å². The summed E-state index contributed by atoms with van der Waals surface area (Å²) >= 11 is 13.1. The van der Waals surface area contributed by atoms with Crippen LogP contribution in [0.2, 0.25) is 9.62 Å². The Kier molecular flexibility index (Phi) is 3.71. The summed E-state index contributed by atoms with van der Waals surface area (Å²) in [4.78, 5) is 9.11. The average Bonchev–Trinajstić information content (AvgIpc) is 2.67. The van der Waals surface area contributed by atoms with E-state index in [9.17, 15) is 0 Å². The first-order chi connectivity index (χ1) is 8.06. The molecule has 4 nitrogen and oxygen atoms in total. The van der Waals surface area contributed by atoms with Gasteiger partial charge in [0.25, 0.3) is 0 Å². The van der Waals surface area contributed by atoms with E-state index in [2.05, 4.69) is 15.3 Å². The van der Waals surface area contributed by atoms with Crippen molar-refractivity contribution < 1.29 is 0 Å². The number of aryl methyl sites for hydroxylation is 1. The Morgan fingerprint density at radius 2 is 2.12 bits per heavy atom. The number of nitrogens with one attached hydrogen (secondary N) is 1. The van der Waals surface area contributed by atoms with Crippen LogP contribution in [0.4, 0.5) is 11.5 Å². The molecule has 0 aliphatic rings. The van der Waals surface area contributed by atoms with Gasteiger partial charge in [-0.1, -0.05) is 11.6 Å². The Balaban J connectivity index is 2.14. The molecule has 0 aliphatic heterocycles. The fraction of sp³-hybridized carbons (Fsp3) is 0.200. The standard InChI is InChI=1S/C10H10Cl2N4S/c1-5-8(13)9(16-10(12)15-5)14-4-6-2-3-7(11)17-6/h2-3H,4,13H2,1H3,(H,14,15,16). The lowest BCUT2D eigenvalue weighted by atomic mass is 10.3. The van der Waals surface area contributed by atoms with Crippen LogP contribution in [0.15, 0.2) is 12.1 Å². The van der Waals surface area contributed by atoms with Crippen molar-refractivity contribution in [2.45, 2.75) is 13.5 Å². The first kappa shape index (κ1) is 12.4. The molecule has 0 atom stereocenters. The summed E-state index contributed by atoms with van der Waals surface area (Å²) in [6.45, 7) is 2.39. The summed E-state index contributed by atoms with van der Waals surface area (Å²) in [6, 6.07) is 3.80. The molecule has 0 saturated carbocycles. The van der Waals surface area contributed by atoms with Crippen molar-refractivity contribution >= 4 is 46.0 Å². The van der Waals surface area contributed by atoms with Crippen molar-refractivity contribution in [3.8, 4) is 0 Å². The molecule has 90 valence electrons. The van der Waals surface area contributed by atoms with E-state index in [0.717, 1.165) is 9.21 Å². The second-order valence-electron chi connectivity index (χ2n) is 3.40. The van der Waals surface area contributed by atoms with Crippen LogP contribution in [-0.4, -0.2) is 9.97 Å². The zero-order valence-corrected chi connectivity index (χ0v) is 11.3. The molecular weight excluding hydrogens is 279 g/mol. The van der Waals surface area contributed by atoms with Gasteiger partial charge in [0, 0.05) is 4.88 Å². The minimum Gasteiger partial charge on any atom is -0.394 e. The molecule has 2 aromatic heterocycles. The maximum atomic E-state index is 5.85. The number of nitrogens with two attached hydrogens (primary N) is 1. The highest BCUT2D eigenvalue weighted by molar-refractivity contribution is 7.16. The van der Waals surface area contributed by atoms with E-state index in [1.54, 1.807) is 6.92 Å². The Morgan fingerprint density at radius 1 is 1.35 bits per heavy atom. The number of hydrogen-bond donors (Lipinski definition) is 2. The largest absolute Gasteiger partial charge is 0.394 e. The van der Waals surface area contributed by atoms with Crippen LogP contribution >= 0.6 is 34.5 Å². The summed E-state index contributed by atoms with van der Waals surface area (Å²) < 4.78 is 0.756. The van der Waals surface area contributed by atoms with Crippen LogP contribution in [0.5, 0.6) is 0 Å². The van der Waals surface area contributed by atoms with E-state index in [1.165, 1.54) is 11.3 Å². The molecule has 3 N–H and O–H groups in total. The molecule has 0 bridgehead atoms. The summed E-state index contributed by atoms with van der Waals surface area (Å²) in [5.41, 5.74) is 7.03. The number of hydrogen-bond acceptors (Lipinski definition) is 5. The lowest BCUT2D eigenvalue weighted by molar-refractivity contribution is 1.07. The summed E-state index contributed by atoms with van der Waals surface area (Å²) in [5, 5.41) is 3.30. The van der Waals surface area contributed by atoms with E-state index < -0.39 is 0 Å². The Labute approximate surface area is 113 Å². The van der Waals surface area contributed by atoms with Crippen molar-refractivity contribution in [1.82, 2.24) is 9.97 Å². The molecule has 2 rings (SSSR count). The van der Waals surface area contributed by atoms with Gasteiger partial charge >= 0.3 is 0 Å². The number of nitrogens with zero attached hydrogens (tertiary/aromatic N) is 2. The van der Waals surface area contributed by atoms with Gasteiger partial charge in [0.2, 0.25) is 5.28 Å². The SMILES string of the molecule is Cc1nc(Cl)nc(NCc2ccc(Cl)s2)c1N. The van der Waals surface area contributed by atoms with Crippen LogP contribution < -0.4 is 11.1 Å². The molecule has 0 radical (unpaired) electrons. The zero-order valence-electron chi connectivity index (χ0n) is 9.00. The second-order valence-corrected chi connectivity index (χ2v) is 5.54.